The van der Waals surface area contributed by atoms with Crippen LogP contribution in [0.2, 0.25) is 5.02 Å². The second-order valence-corrected chi connectivity index (χ2v) is 7.21. The number of hydrogen-bond acceptors (Lipinski definition) is 2. The van der Waals surface area contributed by atoms with E-state index in [1.54, 1.807) is 31.4 Å². The molecular weight excluding hydrogens is 384 g/mol. The fraction of sp³-hybridized carbons (Fsp3) is 0.125. The largest absolute Gasteiger partial charge is 0.497 e. The molecule has 0 aliphatic rings. The molecule has 0 spiro atoms. The molecule has 0 unspecified atom stereocenters. The van der Waals surface area contributed by atoms with Crippen molar-refractivity contribution in [1.82, 2.24) is 10.3 Å². The van der Waals surface area contributed by atoms with Crippen LogP contribution in [0.15, 0.2) is 79.0 Å². The molecule has 4 rings (SSSR count). The van der Waals surface area contributed by atoms with Gasteiger partial charge in [0.25, 0.3) is 5.91 Å². The number of carbonyl (C=O) groups excluding carboxylic acids is 1. The molecule has 1 aromatic heterocycles. The van der Waals surface area contributed by atoms with E-state index in [-0.39, 0.29) is 11.8 Å². The minimum absolute atomic E-state index is 0.0814. The molecule has 4 nitrogen and oxygen atoms in total. The van der Waals surface area contributed by atoms with Gasteiger partial charge < -0.3 is 15.0 Å². The number of aromatic amines is 1. The molecule has 0 aliphatic carbocycles. The van der Waals surface area contributed by atoms with E-state index in [0.29, 0.717) is 22.9 Å². The summed E-state index contributed by atoms with van der Waals surface area (Å²) in [6.45, 7) is 0.427. The maximum atomic E-state index is 12.7. The van der Waals surface area contributed by atoms with Crippen LogP contribution in [0.3, 0.4) is 0 Å². The van der Waals surface area contributed by atoms with Crippen LogP contribution in [-0.2, 0) is 0 Å². The van der Waals surface area contributed by atoms with Crippen molar-refractivity contribution in [2.45, 2.75) is 5.92 Å². The van der Waals surface area contributed by atoms with Crippen molar-refractivity contribution in [3.63, 3.8) is 0 Å². The van der Waals surface area contributed by atoms with Crippen LogP contribution in [-0.4, -0.2) is 24.5 Å². The van der Waals surface area contributed by atoms with E-state index in [1.807, 2.05) is 48.7 Å². The smallest absolute Gasteiger partial charge is 0.251 e. The van der Waals surface area contributed by atoms with Crippen LogP contribution in [0.4, 0.5) is 0 Å². The molecule has 146 valence electrons. The summed E-state index contributed by atoms with van der Waals surface area (Å²) in [5.74, 6) is 0.501. The number of ether oxygens (including phenoxy) is 1. The van der Waals surface area contributed by atoms with Crippen molar-refractivity contribution in [2.24, 2.45) is 0 Å². The van der Waals surface area contributed by atoms with E-state index in [0.717, 1.165) is 22.0 Å². The molecule has 1 atom stereocenters. The van der Waals surface area contributed by atoms with Crippen molar-refractivity contribution in [3.8, 4) is 5.75 Å². The molecule has 4 aromatic rings. The number of halogens is 1. The average Bonchev–Trinajstić information content (AvgIpc) is 3.19. The number of nitrogens with one attached hydrogen (secondary N) is 2. The third-order valence-electron chi connectivity index (χ3n) is 5.10. The van der Waals surface area contributed by atoms with Gasteiger partial charge in [-0.25, -0.2) is 0 Å². The predicted molar refractivity (Wildman–Crippen MR) is 117 cm³/mol. The third kappa shape index (κ3) is 3.98. The van der Waals surface area contributed by atoms with Crippen LogP contribution in [0, 0.1) is 0 Å². The molecule has 29 heavy (non-hydrogen) atoms. The highest BCUT2D eigenvalue weighted by Crippen LogP contribution is 2.34. The zero-order valence-corrected chi connectivity index (χ0v) is 16.7. The Morgan fingerprint density at radius 1 is 1.00 bits per heavy atom. The van der Waals surface area contributed by atoms with Gasteiger partial charge in [0.15, 0.2) is 0 Å². The second kappa shape index (κ2) is 8.41. The number of para-hydroxylation sites is 1. The van der Waals surface area contributed by atoms with Crippen molar-refractivity contribution in [1.29, 1.82) is 0 Å². The molecule has 5 heteroatoms. The van der Waals surface area contributed by atoms with Crippen molar-refractivity contribution in [3.05, 3.63) is 101 Å². The topological polar surface area (TPSA) is 54.1 Å². The monoisotopic (exact) mass is 404 g/mol. The van der Waals surface area contributed by atoms with Gasteiger partial charge in [-0.2, -0.15) is 0 Å². The Morgan fingerprint density at radius 2 is 1.72 bits per heavy atom. The highest BCUT2D eigenvalue weighted by atomic mass is 35.5. The summed E-state index contributed by atoms with van der Waals surface area (Å²) in [7, 11) is 1.60. The summed E-state index contributed by atoms with van der Waals surface area (Å²) in [5.41, 5.74) is 3.72. The highest BCUT2D eigenvalue weighted by molar-refractivity contribution is 6.31. The van der Waals surface area contributed by atoms with Gasteiger partial charge in [-0.05, 0) is 47.5 Å². The second-order valence-electron chi connectivity index (χ2n) is 6.80. The summed E-state index contributed by atoms with van der Waals surface area (Å²) >= 11 is 6.52. The number of carbonyl (C=O) groups is 1. The van der Waals surface area contributed by atoms with Crippen LogP contribution in [0.1, 0.15) is 27.4 Å². The Morgan fingerprint density at radius 3 is 2.48 bits per heavy atom. The number of benzene rings is 3. The zero-order valence-electron chi connectivity index (χ0n) is 16.0. The minimum Gasteiger partial charge on any atom is -0.497 e. The van der Waals surface area contributed by atoms with Crippen LogP contribution < -0.4 is 10.1 Å². The summed E-state index contributed by atoms with van der Waals surface area (Å²) in [6, 6.07) is 23.0. The van der Waals surface area contributed by atoms with Gasteiger partial charge in [-0.1, -0.05) is 48.0 Å². The first kappa shape index (κ1) is 19.1. The number of rotatable bonds is 6. The van der Waals surface area contributed by atoms with Gasteiger partial charge in [0, 0.05) is 40.1 Å². The number of methoxy groups -OCH3 is 1. The first-order chi connectivity index (χ1) is 14.2. The number of hydrogen-bond donors (Lipinski definition) is 2. The van der Waals surface area contributed by atoms with E-state index >= 15 is 0 Å². The van der Waals surface area contributed by atoms with Gasteiger partial charge >= 0.3 is 0 Å². The van der Waals surface area contributed by atoms with E-state index in [1.165, 1.54) is 0 Å². The van der Waals surface area contributed by atoms with Crippen molar-refractivity contribution >= 4 is 28.4 Å². The maximum Gasteiger partial charge on any atom is 0.251 e. The Kier molecular flexibility index (Phi) is 5.54. The van der Waals surface area contributed by atoms with Crippen molar-refractivity contribution in [2.75, 3.05) is 13.7 Å². The van der Waals surface area contributed by atoms with Gasteiger partial charge in [0.05, 0.1) is 7.11 Å². The molecule has 2 N–H and O–H groups in total. The summed E-state index contributed by atoms with van der Waals surface area (Å²) < 4.78 is 5.16. The number of fused-ring (bicyclic) bond motifs is 1. The van der Waals surface area contributed by atoms with Crippen molar-refractivity contribution < 1.29 is 9.53 Å². The van der Waals surface area contributed by atoms with E-state index in [2.05, 4.69) is 16.4 Å². The van der Waals surface area contributed by atoms with Gasteiger partial charge in [0.1, 0.15) is 5.75 Å². The molecule has 0 aliphatic heterocycles. The summed E-state index contributed by atoms with van der Waals surface area (Å²) in [6.07, 6.45) is 2.00. The molecular formula is C24H21ClN2O2. The summed E-state index contributed by atoms with van der Waals surface area (Å²) in [4.78, 5) is 16.0. The first-order valence-electron chi connectivity index (χ1n) is 9.40. The summed E-state index contributed by atoms with van der Waals surface area (Å²) in [5, 5.41) is 4.87. The Balaban J connectivity index is 1.64. The molecule has 0 radical (unpaired) electrons. The van der Waals surface area contributed by atoms with E-state index < -0.39 is 0 Å². The molecule has 0 fully saturated rings. The fourth-order valence-electron chi connectivity index (χ4n) is 3.57. The zero-order chi connectivity index (χ0) is 20.2. The molecule has 1 heterocycles. The Labute approximate surface area is 174 Å². The lowest BCUT2D eigenvalue weighted by Crippen LogP contribution is -2.29. The van der Waals surface area contributed by atoms with Crippen LogP contribution in [0.25, 0.3) is 10.9 Å². The first-order valence-corrected chi connectivity index (χ1v) is 9.78. The normalized spacial score (nSPS) is 11.9. The van der Waals surface area contributed by atoms with Gasteiger partial charge in [0.2, 0.25) is 0 Å². The standard InChI is InChI=1S/C24H21ClN2O2/c1-29-17-12-10-16(11-13-17)24(28)27-15-20(18-6-2-4-8-22(18)25)21-14-26-23-9-5-3-7-19(21)23/h2-14,20,26H,15H2,1H3,(H,27,28)/t20-/m1/s1. The van der Waals surface area contributed by atoms with Gasteiger partial charge in [-0.15, -0.1) is 0 Å². The average molecular weight is 405 g/mol. The highest BCUT2D eigenvalue weighted by Gasteiger charge is 2.21. The number of aromatic nitrogens is 1. The maximum absolute atomic E-state index is 12.7. The quantitative estimate of drug-likeness (QED) is 0.452. The van der Waals surface area contributed by atoms with Gasteiger partial charge in [-0.3, -0.25) is 4.79 Å². The molecule has 0 bridgehead atoms. The molecule has 0 saturated heterocycles. The predicted octanol–water partition coefficient (Wildman–Crippen LogP) is 5.39. The lowest BCUT2D eigenvalue weighted by atomic mass is 9.90. The molecule has 1 amide bonds. The van der Waals surface area contributed by atoms with Crippen LogP contribution >= 0.6 is 11.6 Å². The molecule has 3 aromatic carbocycles. The lowest BCUT2D eigenvalue weighted by molar-refractivity contribution is 0.0952. The Hall–Kier alpha value is -3.24. The number of amides is 1. The molecule has 0 saturated carbocycles. The Bertz CT molecular complexity index is 1140. The van der Waals surface area contributed by atoms with E-state index in [4.69, 9.17) is 16.3 Å². The van der Waals surface area contributed by atoms with E-state index in [9.17, 15) is 4.79 Å². The van der Waals surface area contributed by atoms with Crippen LogP contribution in [0.5, 0.6) is 5.75 Å². The fourth-order valence-corrected chi connectivity index (χ4v) is 3.83. The SMILES string of the molecule is COc1ccc(C(=O)NC[C@H](c2ccccc2Cl)c2c[nH]c3ccccc23)cc1. The number of H-pyrrole nitrogens is 1. The third-order valence-corrected chi connectivity index (χ3v) is 5.44. The minimum atomic E-state index is -0.135. The lowest BCUT2D eigenvalue weighted by Gasteiger charge is -2.19.